The lowest BCUT2D eigenvalue weighted by Gasteiger charge is -2.25. The normalized spacial score (nSPS) is 18.6. The first-order valence-corrected chi connectivity index (χ1v) is 9.30. The molecule has 0 aromatic heterocycles. The summed E-state index contributed by atoms with van der Waals surface area (Å²) in [6.45, 7) is 0. The molecule has 3 heteroatoms. The number of hydrogen-bond donors (Lipinski definition) is 0. The number of ether oxygens (including phenoxy) is 1. The Hall–Kier alpha value is -2.52. The molecule has 1 heterocycles. The van der Waals surface area contributed by atoms with Gasteiger partial charge in [0, 0.05) is 17.7 Å². The van der Waals surface area contributed by atoms with Gasteiger partial charge in [0.2, 0.25) is 0 Å². The van der Waals surface area contributed by atoms with Crippen molar-refractivity contribution in [3.05, 3.63) is 102 Å². The van der Waals surface area contributed by atoms with Gasteiger partial charge in [-0.05, 0) is 17.2 Å². The first-order chi connectivity index (χ1) is 12.3. The molecule has 124 valence electrons. The van der Waals surface area contributed by atoms with Gasteiger partial charge in [0.1, 0.15) is 10.5 Å². The number of thioether (sulfide) groups is 1. The van der Waals surface area contributed by atoms with Crippen LogP contribution in [-0.2, 0) is 21.7 Å². The number of benzene rings is 3. The second-order valence-corrected chi connectivity index (χ2v) is 7.42. The van der Waals surface area contributed by atoms with Gasteiger partial charge in [0.25, 0.3) is 0 Å². The van der Waals surface area contributed by atoms with Crippen molar-refractivity contribution in [1.82, 2.24) is 0 Å². The Kier molecular flexibility index (Phi) is 4.33. The smallest absolute Gasteiger partial charge is 0.332 e. The minimum Gasteiger partial charge on any atom is -0.425 e. The van der Waals surface area contributed by atoms with Crippen LogP contribution in [0.5, 0.6) is 5.75 Å². The van der Waals surface area contributed by atoms with E-state index in [1.165, 1.54) is 5.56 Å². The fourth-order valence-corrected chi connectivity index (χ4v) is 4.56. The minimum atomic E-state index is -0.701. The Morgan fingerprint density at radius 3 is 2.08 bits per heavy atom. The van der Waals surface area contributed by atoms with Crippen molar-refractivity contribution in [3.8, 4) is 5.75 Å². The van der Waals surface area contributed by atoms with Gasteiger partial charge in [0.15, 0.2) is 0 Å². The van der Waals surface area contributed by atoms with E-state index in [0.717, 1.165) is 16.9 Å². The Labute approximate surface area is 151 Å². The van der Waals surface area contributed by atoms with E-state index in [4.69, 9.17) is 4.74 Å². The van der Waals surface area contributed by atoms with E-state index < -0.39 is 4.75 Å². The zero-order valence-electron chi connectivity index (χ0n) is 13.7. The van der Waals surface area contributed by atoms with Crippen LogP contribution in [0.4, 0.5) is 0 Å². The van der Waals surface area contributed by atoms with Gasteiger partial charge in [-0.15, -0.1) is 11.8 Å². The standard InChI is InChI=1S/C22H18O2S/c23-21-22(15-17-9-3-1-4-10-17,19-13-7-8-14-20(19)24-21)25-16-18-11-5-2-6-12-18/h1-14H,15-16H2/t22-/m0/s1. The summed E-state index contributed by atoms with van der Waals surface area (Å²) in [5, 5.41) is 0. The molecule has 0 saturated carbocycles. The second-order valence-electron chi connectivity index (χ2n) is 6.15. The highest BCUT2D eigenvalue weighted by atomic mass is 32.2. The van der Waals surface area contributed by atoms with Crippen molar-refractivity contribution in [1.29, 1.82) is 0 Å². The Morgan fingerprint density at radius 1 is 0.760 bits per heavy atom. The summed E-state index contributed by atoms with van der Waals surface area (Å²) in [5.74, 6) is 1.28. The van der Waals surface area contributed by atoms with Crippen LogP contribution in [0.25, 0.3) is 0 Å². The number of fused-ring (bicyclic) bond motifs is 1. The molecule has 0 N–H and O–H groups in total. The van der Waals surface area contributed by atoms with Crippen LogP contribution in [0.1, 0.15) is 16.7 Å². The predicted molar refractivity (Wildman–Crippen MR) is 102 cm³/mol. The quantitative estimate of drug-likeness (QED) is 0.481. The van der Waals surface area contributed by atoms with E-state index in [-0.39, 0.29) is 5.97 Å². The van der Waals surface area contributed by atoms with E-state index in [0.29, 0.717) is 12.2 Å². The van der Waals surface area contributed by atoms with Gasteiger partial charge in [-0.3, -0.25) is 0 Å². The third kappa shape index (κ3) is 3.08. The molecule has 0 radical (unpaired) electrons. The molecule has 2 nitrogen and oxygen atoms in total. The lowest BCUT2D eigenvalue weighted by atomic mass is 9.92. The fraction of sp³-hybridized carbons (Fsp3) is 0.136. The molecule has 1 aliphatic rings. The van der Waals surface area contributed by atoms with Crippen molar-refractivity contribution in [2.45, 2.75) is 16.9 Å². The van der Waals surface area contributed by atoms with Crippen LogP contribution in [0.2, 0.25) is 0 Å². The highest BCUT2D eigenvalue weighted by molar-refractivity contribution is 8.00. The number of esters is 1. The van der Waals surface area contributed by atoms with Crippen molar-refractivity contribution in [2.24, 2.45) is 0 Å². The highest BCUT2D eigenvalue weighted by Crippen LogP contribution is 2.50. The SMILES string of the molecule is O=C1Oc2ccccc2[C@]1(Cc1ccccc1)SCc1ccccc1. The zero-order valence-corrected chi connectivity index (χ0v) is 14.5. The molecule has 25 heavy (non-hydrogen) atoms. The van der Waals surface area contributed by atoms with Crippen molar-refractivity contribution < 1.29 is 9.53 Å². The summed E-state index contributed by atoms with van der Waals surface area (Å²) in [4.78, 5) is 12.9. The van der Waals surface area contributed by atoms with Gasteiger partial charge in [-0.25, -0.2) is 4.79 Å². The maximum Gasteiger partial charge on any atom is 0.332 e. The van der Waals surface area contributed by atoms with E-state index >= 15 is 0 Å². The molecular weight excluding hydrogens is 328 g/mol. The van der Waals surface area contributed by atoms with Crippen LogP contribution in [0.3, 0.4) is 0 Å². The molecule has 1 aliphatic heterocycles. The molecular formula is C22H18O2S. The lowest BCUT2D eigenvalue weighted by molar-refractivity contribution is -0.135. The van der Waals surface area contributed by atoms with Crippen molar-refractivity contribution in [2.75, 3.05) is 0 Å². The molecule has 4 rings (SSSR count). The maximum absolute atomic E-state index is 12.9. The van der Waals surface area contributed by atoms with Gasteiger partial charge in [-0.2, -0.15) is 0 Å². The van der Waals surface area contributed by atoms with E-state index in [1.54, 1.807) is 11.8 Å². The molecule has 0 fully saturated rings. The van der Waals surface area contributed by atoms with Gasteiger partial charge in [0.05, 0.1) is 0 Å². The maximum atomic E-state index is 12.9. The molecule has 0 amide bonds. The summed E-state index contributed by atoms with van der Waals surface area (Å²) < 4.78 is 4.92. The van der Waals surface area contributed by atoms with Crippen molar-refractivity contribution in [3.63, 3.8) is 0 Å². The van der Waals surface area contributed by atoms with Crippen molar-refractivity contribution >= 4 is 17.7 Å². The monoisotopic (exact) mass is 346 g/mol. The molecule has 1 atom stereocenters. The van der Waals surface area contributed by atoms with Crippen LogP contribution in [-0.4, -0.2) is 5.97 Å². The third-order valence-electron chi connectivity index (χ3n) is 4.48. The first-order valence-electron chi connectivity index (χ1n) is 8.31. The molecule has 0 saturated heterocycles. The Morgan fingerprint density at radius 2 is 1.36 bits per heavy atom. The van der Waals surface area contributed by atoms with E-state index in [2.05, 4.69) is 24.3 Å². The molecule has 0 spiro atoms. The summed E-state index contributed by atoms with van der Waals surface area (Å²) in [6.07, 6.45) is 0.626. The fourth-order valence-electron chi connectivity index (χ4n) is 3.20. The average molecular weight is 346 g/mol. The summed E-state index contributed by atoms with van der Waals surface area (Å²) in [5.41, 5.74) is 3.32. The number of carbonyl (C=O) groups is 1. The van der Waals surface area contributed by atoms with Gasteiger partial charge in [-0.1, -0.05) is 78.9 Å². The number of para-hydroxylation sites is 1. The highest BCUT2D eigenvalue weighted by Gasteiger charge is 2.49. The number of rotatable bonds is 5. The predicted octanol–water partition coefficient (Wildman–Crippen LogP) is 4.98. The molecule has 3 aromatic carbocycles. The third-order valence-corrected chi connectivity index (χ3v) is 5.98. The van der Waals surface area contributed by atoms with Crippen LogP contribution >= 0.6 is 11.8 Å². The van der Waals surface area contributed by atoms with Crippen LogP contribution in [0.15, 0.2) is 84.9 Å². The molecule has 0 bridgehead atoms. The summed E-state index contributed by atoms with van der Waals surface area (Å²) in [7, 11) is 0. The Balaban J connectivity index is 1.72. The van der Waals surface area contributed by atoms with E-state index in [1.807, 2.05) is 60.7 Å². The van der Waals surface area contributed by atoms with Crippen LogP contribution in [0, 0.1) is 0 Å². The number of hydrogen-bond acceptors (Lipinski definition) is 3. The lowest BCUT2D eigenvalue weighted by Crippen LogP contribution is -2.33. The Bertz CT molecular complexity index is 877. The molecule has 0 unspecified atom stereocenters. The summed E-state index contributed by atoms with van der Waals surface area (Å²) >= 11 is 1.66. The van der Waals surface area contributed by atoms with Gasteiger partial charge >= 0.3 is 5.97 Å². The number of carbonyl (C=O) groups excluding carboxylic acids is 1. The summed E-state index contributed by atoms with van der Waals surface area (Å²) in [6, 6.07) is 28.2. The molecule has 3 aromatic rings. The van der Waals surface area contributed by atoms with E-state index in [9.17, 15) is 4.79 Å². The average Bonchev–Trinajstić information content (AvgIpc) is 2.94. The largest absolute Gasteiger partial charge is 0.425 e. The molecule has 0 aliphatic carbocycles. The topological polar surface area (TPSA) is 26.3 Å². The van der Waals surface area contributed by atoms with Crippen LogP contribution < -0.4 is 4.74 Å². The second kappa shape index (κ2) is 6.77. The minimum absolute atomic E-state index is 0.168. The van der Waals surface area contributed by atoms with Gasteiger partial charge < -0.3 is 4.74 Å². The zero-order chi connectivity index (χ0) is 17.1. The first kappa shape index (κ1) is 16.0.